The van der Waals surface area contributed by atoms with E-state index >= 15 is 0 Å². The van der Waals surface area contributed by atoms with Gasteiger partial charge in [-0.15, -0.1) is 10.2 Å². The number of carbonyl (C=O) groups is 1. The number of amides is 1. The van der Waals surface area contributed by atoms with Gasteiger partial charge in [0.05, 0.1) is 12.9 Å². The summed E-state index contributed by atoms with van der Waals surface area (Å²) in [5.41, 5.74) is 2.91. The lowest BCUT2D eigenvalue weighted by molar-refractivity contribution is -0.113. The van der Waals surface area contributed by atoms with Gasteiger partial charge in [-0.1, -0.05) is 42.1 Å². The molecule has 27 heavy (non-hydrogen) atoms. The van der Waals surface area contributed by atoms with Crippen molar-refractivity contribution in [2.24, 2.45) is 0 Å². The molecule has 1 aromatic heterocycles. The van der Waals surface area contributed by atoms with Crippen molar-refractivity contribution in [1.82, 2.24) is 14.8 Å². The molecule has 0 unspecified atom stereocenters. The number of hydrogen-bond donors (Lipinski definition) is 1. The van der Waals surface area contributed by atoms with Crippen LogP contribution in [-0.2, 0) is 11.3 Å². The number of carbonyl (C=O) groups excluding carboxylic acids is 1. The van der Waals surface area contributed by atoms with Gasteiger partial charge < -0.3 is 14.6 Å². The topological polar surface area (TPSA) is 69.0 Å². The molecule has 0 aliphatic rings. The molecule has 6 nitrogen and oxygen atoms in total. The number of aryl methyl sites for hydroxylation is 1. The van der Waals surface area contributed by atoms with Crippen LogP contribution >= 0.6 is 11.8 Å². The number of anilines is 1. The first-order valence-corrected chi connectivity index (χ1v) is 9.66. The quantitative estimate of drug-likeness (QED) is 0.625. The SMILES string of the molecule is CCn1c(SCC(=O)Nc2cccc(OC)c2)nnc1-c1ccccc1C. The van der Waals surface area contributed by atoms with Crippen molar-refractivity contribution in [3.05, 3.63) is 54.1 Å². The molecule has 2 aromatic carbocycles. The Morgan fingerprint density at radius 1 is 1.19 bits per heavy atom. The van der Waals surface area contributed by atoms with Crippen molar-refractivity contribution < 1.29 is 9.53 Å². The number of hydrogen-bond acceptors (Lipinski definition) is 5. The molecule has 140 valence electrons. The Bertz CT molecular complexity index is 939. The molecule has 0 saturated carbocycles. The average molecular weight is 382 g/mol. The maximum absolute atomic E-state index is 12.3. The monoisotopic (exact) mass is 382 g/mol. The zero-order valence-electron chi connectivity index (χ0n) is 15.6. The Morgan fingerprint density at radius 3 is 2.74 bits per heavy atom. The summed E-state index contributed by atoms with van der Waals surface area (Å²) in [6.45, 7) is 4.83. The van der Waals surface area contributed by atoms with E-state index in [-0.39, 0.29) is 11.7 Å². The van der Waals surface area contributed by atoms with Gasteiger partial charge in [-0.05, 0) is 31.5 Å². The minimum absolute atomic E-state index is 0.101. The largest absolute Gasteiger partial charge is 0.497 e. The van der Waals surface area contributed by atoms with Crippen molar-refractivity contribution in [3.8, 4) is 17.1 Å². The lowest BCUT2D eigenvalue weighted by atomic mass is 10.1. The third-order valence-electron chi connectivity index (χ3n) is 4.10. The number of nitrogens with zero attached hydrogens (tertiary/aromatic N) is 3. The predicted molar refractivity (Wildman–Crippen MR) is 108 cm³/mol. The summed E-state index contributed by atoms with van der Waals surface area (Å²) in [7, 11) is 1.60. The van der Waals surface area contributed by atoms with Gasteiger partial charge in [0, 0.05) is 23.9 Å². The van der Waals surface area contributed by atoms with Gasteiger partial charge in [0.25, 0.3) is 0 Å². The normalized spacial score (nSPS) is 10.6. The zero-order chi connectivity index (χ0) is 19.2. The molecule has 0 atom stereocenters. The van der Waals surface area contributed by atoms with Gasteiger partial charge in [-0.3, -0.25) is 4.79 Å². The molecule has 1 N–H and O–H groups in total. The highest BCUT2D eigenvalue weighted by atomic mass is 32.2. The highest BCUT2D eigenvalue weighted by Gasteiger charge is 2.15. The van der Waals surface area contributed by atoms with Crippen LogP contribution in [0.15, 0.2) is 53.7 Å². The fourth-order valence-electron chi connectivity index (χ4n) is 2.73. The molecular formula is C20H22N4O2S. The summed E-state index contributed by atoms with van der Waals surface area (Å²) < 4.78 is 7.21. The molecule has 0 bridgehead atoms. The first-order chi connectivity index (χ1) is 13.1. The fourth-order valence-corrected chi connectivity index (χ4v) is 3.53. The Hall–Kier alpha value is -2.80. The highest BCUT2D eigenvalue weighted by molar-refractivity contribution is 7.99. The molecule has 3 rings (SSSR count). The van der Waals surface area contributed by atoms with Crippen LogP contribution in [0.2, 0.25) is 0 Å². The molecule has 7 heteroatoms. The zero-order valence-corrected chi connectivity index (χ0v) is 16.4. The van der Waals surface area contributed by atoms with Crippen LogP contribution in [0.4, 0.5) is 5.69 Å². The summed E-state index contributed by atoms with van der Waals surface area (Å²) in [4.78, 5) is 12.3. The molecule has 0 aliphatic heterocycles. The maximum atomic E-state index is 12.3. The van der Waals surface area contributed by atoms with Crippen molar-refractivity contribution in [2.75, 3.05) is 18.2 Å². The minimum atomic E-state index is -0.101. The lowest BCUT2D eigenvalue weighted by Crippen LogP contribution is -2.14. The fraction of sp³-hybridized carbons (Fsp3) is 0.250. The first kappa shape index (κ1) is 19.0. The van der Waals surface area contributed by atoms with Gasteiger partial charge >= 0.3 is 0 Å². The minimum Gasteiger partial charge on any atom is -0.497 e. The summed E-state index contributed by atoms with van der Waals surface area (Å²) in [6, 6.07) is 15.4. The summed E-state index contributed by atoms with van der Waals surface area (Å²) in [5, 5.41) is 12.2. The Morgan fingerprint density at radius 2 is 2.00 bits per heavy atom. The van der Waals surface area contributed by atoms with Gasteiger partial charge in [0.15, 0.2) is 11.0 Å². The molecular weight excluding hydrogens is 360 g/mol. The predicted octanol–water partition coefficient (Wildman–Crippen LogP) is 4.01. The van der Waals surface area contributed by atoms with Crippen molar-refractivity contribution in [3.63, 3.8) is 0 Å². The molecule has 0 saturated heterocycles. The Balaban J connectivity index is 1.69. The van der Waals surface area contributed by atoms with Crippen LogP contribution in [0.1, 0.15) is 12.5 Å². The second kappa shape index (κ2) is 8.73. The molecule has 0 fully saturated rings. The summed E-state index contributed by atoms with van der Waals surface area (Å²) in [6.07, 6.45) is 0. The van der Waals surface area contributed by atoms with E-state index in [0.29, 0.717) is 11.4 Å². The van der Waals surface area contributed by atoms with Crippen LogP contribution in [0, 0.1) is 6.92 Å². The van der Waals surface area contributed by atoms with Crippen LogP contribution in [0.5, 0.6) is 5.75 Å². The van der Waals surface area contributed by atoms with Crippen LogP contribution in [0.25, 0.3) is 11.4 Å². The van der Waals surface area contributed by atoms with Crippen LogP contribution in [-0.4, -0.2) is 33.5 Å². The van der Waals surface area contributed by atoms with Gasteiger partial charge in [0.2, 0.25) is 5.91 Å². The number of benzene rings is 2. The van der Waals surface area contributed by atoms with Crippen molar-refractivity contribution in [1.29, 1.82) is 0 Å². The Labute approximate surface area is 163 Å². The average Bonchev–Trinajstić information content (AvgIpc) is 3.09. The van der Waals surface area contributed by atoms with E-state index in [4.69, 9.17) is 4.74 Å². The van der Waals surface area contributed by atoms with Crippen LogP contribution < -0.4 is 10.1 Å². The van der Waals surface area contributed by atoms with Gasteiger partial charge in [-0.25, -0.2) is 0 Å². The maximum Gasteiger partial charge on any atom is 0.234 e. The number of ether oxygens (including phenoxy) is 1. The highest BCUT2D eigenvalue weighted by Crippen LogP contribution is 2.26. The summed E-state index contributed by atoms with van der Waals surface area (Å²) in [5.74, 6) is 1.68. The van der Waals surface area contributed by atoms with E-state index in [9.17, 15) is 4.79 Å². The van der Waals surface area contributed by atoms with E-state index in [1.165, 1.54) is 11.8 Å². The Kier molecular flexibility index (Phi) is 6.13. The van der Waals surface area contributed by atoms with E-state index in [1.54, 1.807) is 13.2 Å². The molecule has 0 aliphatic carbocycles. The smallest absolute Gasteiger partial charge is 0.234 e. The van der Waals surface area contributed by atoms with E-state index in [2.05, 4.69) is 28.5 Å². The second-order valence-corrected chi connectivity index (χ2v) is 6.88. The first-order valence-electron chi connectivity index (χ1n) is 8.68. The molecule has 0 spiro atoms. The third-order valence-corrected chi connectivity index (χ3v) is 5.07. The van der Waals surface area contributed by atoms with Crippen LogP contribution in [0.3, 0.4) is 0 Å². The standard InChI is InChI=1S/C20H22N4O2S/c1-4-24-19(17-11-6-5-8-14(17)2)22-23-20(24)27-13-18(25)21-15-9-7-10-16(12-15)26-3/h5-12H,4,13H2,1-3H3,(H,21,25). The molecule has 3 aromatic rings. The van der Waals surface area contributed by atoms with E-state index < -0.39 is 0 Å². The lowest BCUT2D eigenvalue weighted by Gasteiger charge is -2.09. The number of rotatable bonds is 7. The second-order valence-electron chi connectivity index (χ2n) is 5.93. The molecule has 1 amide bonds. The van der Waals surface area contributed by atoms with Gasteiger partial charge in [-0.2, -0.15) is 0 Å². The number of thioether (sulfide) groups is 1. The molecule has 0 radical (unpaired) electrons. The summed E-state index contributed by atoms with van der Waals surface area (Å²) >= 11 is 1.38. The van der Waals surface area contributed by atoms with Crippen molar-refractivity contribution >= 4 is 23.4 Å². The van der Waals surface area contributed by atoms with E-state index in [0.717, 1.165) is 28.7 Å². The van der Waals surface area contributed by atoms with Gasteiger partial charge in [0.1, 0.15) is 5.75 Å². The number of methoxy groups -OCH3 is 1. The van der Waals surface area contributed by atoms with E-state index in [1.807, 2.05) is 47.9 Å². The molecule has 1 heterocycles. The number of aromatic nitrogens is 3. The number of nitrogens with one attached hydrogen (secondary N) is 1. The van der Waals surface area contributed by atoms with Crippen molar-refractivity contribution in [2.45, 2.75) is 25.5 Å². The third kappa shape index (κ3) is 4.49.